The minimum absolute atomic E-state index is 0.433. The Morgan fingerprint density at radius 3 is 2.61 bits per heavy atom. The first-order valence-corrected chi connectivity index (χ1v) is 6.61. The van der Waals surface area contributed by atoms with E-state index in [4.69, 9.17) is 18.0 Å². The van der Waals surface area contributed by atoms with Gasteiger partial charge in [0.1, 0.15) is 10.8 Å². The molecule has 100 valence electrons. The second-order valence-corrected chi connectivity index (χ2v) is 5.49. The van der Waals surface area contributed by atoms with E-state index in [1.165, 1.54) is 0 Å². The topological polar surface area (TPSA) is 50.3 Å². The van der Waals surface area contributed by atoms with Crippen molar-refractivity contribution in [3.63, 3.8) is 0 Å². The SMILES string of the molecule is Cc1nn(C)c(N2CCN(C)C(C)C2)c1C(N)=S. The fourth-order valence-corrected chi connectivity index (χ4v) is 2.78. The van der Waals surface area contributed by atoms with Crippen molar-refractivity contribution >= 4 is 23.0 Å². The van der Waals surface area contributed by atoms with Crippen molar-refractivity contribution in [1.29, 1.82) is 0 Å². The second-order valence-electron chi connectivity index (χ2n) is 5.05. The smallest absolute Gasteiger partial charge is 0.137 e. The van der Waals surface area contributed by atoms with E-state index in [1.54, 1.807) is 0 Å². The molecular weight excluding hydrogens is 246 g/mol. The Kier molecular flexibility index (Phi) is 3.59. The zero-order chi connectivity index (χ0) is 13.4. The van der Waals surface area contributed by atoms with E-state index in [9.17, 15) is 0 Å². The fourth-order valence-electron chi connectivity index (χ4n) is 2.54. The van der Waals surface area contributed by atoms with Gasteiger partial charge in [0.15, 0.2) is 0 Å². The predicted octanol–water partition coefficient (Wildman–Crippen LogP) is 0.503. The minimum Gasteiger partial charge on any atom is -0.389 e. The lowest BCUT2D eigenvalue weighted by Crippen LogP contribution is -2.51. The number of nitrogens with two attached hydrogens (primary N) is 1. The standard InChI is InChI=1S/C12H21N5S/c1-8-7-17(6-5-15(8)3)12-10(11(13)18)9(2)14-16(12)4/h8H,5-7H2,1-4H3,(H2,13,18). The highest BCUT2D eigenvalue weighted by molar-refractivity contribution is 7.80. The summed E-state index contributed by atoms with van der Waals surface area (Å²) < 4.78 is 1.89. The van der Waals surface area contributed by atoms with Crippen molar-refractivity contribution in [2.24, 2.45) is 12.8 Å². The number of aryl methyl sites for hydroxylation is 2. The third kappa shape index (κ3) is 2.22. The maximum Gasteiger partial charge on any atom is 0.137 e. The largest absolute Gasteiger partial charge is 0.389 e. The molecule has 5 nitrogen and oxygen atoms in total. The van der Waals surface area contributed by atoms with Crippen LogP contribution in [0.3, 0.4) is 0 Å². The van der Waals surface area contributed by atoms with Gasteiger partial charge in [0, 0.05) is 32.7 Å². The Morgan fingerprint density at radius 1 is 1.39 bits per heavy atom. The highest BCUT2D eigenvalue weighted by Crippen LogP contribution is 2.25. The normalized spacial score (nSPS) is 21.3. The van der Waals surface area contributed by atoms with E-state index < -0.39 is 0 Å². The average molecular weight is 267 g/mol. The van der Waals surface area contributed by atoms with Gasteiger partial charge in [-0.2, -0.15) is 5.10 Å². The summed E-state index contributed by atoms with van der Waals surface area (Å²) in [7, 11) is 4.11. The summed E-state index contributed by atoms with van der Waals surface area (Å²) in [5, 5.41) is 4.45. The molecule has 2 N–H and O–H groups in total. The molecule has 0 radical (unpaired) electrons. The van der Waals surface area contributed by atoms with Gasteiger partial charge >= 0.3 is 0 Å². The first-order valence-electron chi connectivity index (χ1n) is 6.20. The summed E-state index contributed by atoms with van der Waals surface area (Å²) in [6.07, 6.45) is 0. The molecule has 2 heterocycles. The summed E-state index contributed by atoms with van der Waals surface area (Å²) in [6.45, 7) is 7.19. The molecule has 0 amide bonds. The van der Waals surface area contributed by atoms with E-state index in [-0.39, 0.29) is 0 Å². The number of anilines is 1. The van der Waals surface area contributed by atoms with Gasteiger partial charge in [0.25, 0.3) is 0 Å². The van der Waals surface area contributed by atoms with Crippen molar-refractivity contribution in [3.8, 4) is 0 Å². The molecule has 18 heavy (non-hydrogen) atoms. The van der Waals surface area contributed by atoms with Gasteiger partial charge in [-0.1, -0.05) is 12.2 Å². The van der Waals surface area contributed by atoms with E-state index in [0.717, 1.165) is 36.7 Å². The second kappa shape index (κ2) is 4.85. The molecule has 1 saturated heterocycles. The molecule has 1 aromatic heterocycles. The highest BCUT2D eigenvalue weighted by atomic mass is 32.1. The van der Waals surface area contributed by atoms with Gasteiger partial charge in [0.2, 0.25) is 0 Å². The van der Waals surface area contributed by atoms with Crippen LogP contribution in [0.2, 0.25) is 0 Å². The van der Waals surface area contributed by atoms with Crippen LogP contribution in [-0.2, 0) is 7.05 Å². The molecule has 0 spiro atoms. The summed E-state index contributed by atoms with van der Waals surface area (Å²) in [5.41, 5.74) is 7.67. The van der Waals surface area contributed by atoms with Crippen molar-refractivity contribution in [3.05, 3.63) is 11.3 Å². The van der Waals surface area contributed by atoms with Crippen LogP contribution in [0.4, 0.5) is 5.82 Å². The predicted molar refractivity (Wildman–Crippen MR) is 78.1 cm³/mol. The van der Waals surface area contributed by atoms with Crippen LogP contribution in [0.1, 0.15) is 18.2 Å². The average Bonchev–Trinajstić information content (AvgIpc) is 2.57. The molecule has 1 aromatic rings. The summed E-state index contributed by atoms with van der Waals surface area (Å²) in [6, 6.07) is 0.521. The number of thiocarbonyl (C=S) groups is 1. The molecule has 0 bridgehead atoms. The van der Waals surface area contributed by atoms with Crippen LogP contribution in [0.15, 0.2) is 0 Å². The van der Waals surface area contributed by atoms with Gasteiger partial charge < -0.3 is 15.5 Å². The molecule has 1 aliphatic heterocycles. The van der Waals surface area contributed by atoms with Crippen LogP contribution in [-0.4, -0.2) is 52.4 Å². The third-order valence-corrected chi connectivity index (χ3v) is 3.90. The highest BCUT2D eigenvalue weighted by Gasteiger charge is 2.26. The molecule has 1 aliphatic rings. The van der Waals surface area contributed by atoms with Gasteiger partial charge in [-0.25, -0.2) is 0 Å². The molecule has 0 aliphatic carbocycles. The van der Waals surface area contributed by atoms with E-state index >= 15 is 0 Å². The lowest BCUT2D eigenvalue weighted by atomic mass is 10.1. The quantitative estimate of drug-likeness (QED) is 0.791. The Morgan fingerprint density at radius 2 is 2.06 bits per heavy atom. The molecule has 2 rings (SSSR count). The first-order chi connectivity index (χ1) is 8.41. The maximum absolute atomic E-state index is 5.84. The van der Waals surface area contributed by atoms with Crippen LogP contribution < -0.4 is 10.6 Å². The van der Waals surface area contributed by atoms with Crippen LogP contribution in [0.25, 0.3) is 0 Å². The molecule has 0 saturated carbocycles. The Bertz CT molecular complexity index is 467. The summed E-state index contributed by atoms with van der Waals surface area (Å²) in [4.78, 5) is 5.13. The zero-order valence-corrected chi connectivity index (χ0v) is 12.3. The van der Waals surface area contributed by atoms with Crippen LogP contribution in [0, 0.1) is 6.92 Å². The molecular formula is C12H21N5S. The molecule has 1 atom stereocenters. The molecule has 1 fully saturated rings. The number of nitrogens with zero attached hydrogens (tertiary/aromatic N) is 4. The number of hydrogen-bond acceptors (Lipinski definition) is 4. The number of piperazine rings is 1. The third-order valence-electron chi connectivity index (χ3n) is 3.70. The van der Waals surface area contributed by atoms with Crippen LogP contribution in [0.5, 0.6) is 0 Å². The first kappa shape index (κ1) is 13.3. The van der Waals surface area contributed by atoms with E-state index in [0.29, 0.717) is 11.0 Å². The van der Waals surface area contributed by atoms with Crippen molar-refractivity contribution < 1.29 is 0 Å². The van der Waals surface area contributed by atoms with Crippen molar-refractivity contribution in [2.45, 2.75) is 19.9 Å². The lowest BCUT2D eigenvalue weighted by Gasteiger charge is -2.39. The Hall–Kier alpha value is -1.14. The minimum atomic E-state index is 0.433. The summed E-state index contributed by atoms with van der Waals surface area (Å²) in [5.74, 6) is 1.06. The molecule has 6 heteroatoms. The number of rotatable bonds is 2. The fraction of sp³-hybridized carbons (Fsp3) is 0.667. The van der Waals surface area contributed by atoms with Gasteiger partial charge in [-0.3, -0.25) is 4.68 Å². The maximum atomic E-state index is 5.84. The lowest BCUT2D eigenvalue weighted by molar-refractivity contribution is 0.232. The van der Waals surface area contributed by atoms with E-state index in [2.05, 4.69) is 28.9 Å². The van der Waals surface area contributed by atoms with Crippen molar-refractivity contribution in [2.75, 3.05) is 31.6 Å². The molecule has 1 unspecified atom stereocenters. The van der Waals surface area contributed by atoms with Gasteiger partial charge in [-0.05, 0) is 20.9 Å². The van der Waals surface area contributed by atoms with Gasteiger partial charge in [-0.15, -0.1) is 0 Å². The van der Waals surface area contributed by atoms with Gasteiger partial charge in [0.05, 0.1) is 11.3 Å². The molecule has 0 aromatic carbocycles. The van der Waals surface area contributed by atoms with E-state index in [1.807, 2.05) is 18.7 Å². The van der Waals surface area contributed by atoms with Crippen molar-refractivity contribution in [1.82, 2.24) is 14.7 Å². The monoisotopic (exact) mass is 267 g/mol. The Balaban J connectivity index is 2.36. The summed E-state index contributed by atoms with van der Waals surface area (Å²) >= 11 is 5.16. The number of hydrogen-bond donors (Lipinski definition) is 1. The number of likely N-dealkylation sites (N-methyl/N-ethyl adjacent to an activating group) is 1. The Labute approximate surface area is 114 Å². The number of aromatic nitrogens is 2. The zero-order valence-electron chi connectivity index (χ0n) is 11.5. The van der Waals surface area contributed by atoms with Crippen LogP contribution >= 0.6 is 12.2 Å².